The predicted molar refractivity (Wildman–Crippen MR) is 27.9 cm³/mol. The van der Waals surface area contributed by atoms with Crippen LogP contribution in [0.2, 0.25) is 0 Å². The number of urea groups is 1. The Morgan fingerprint density at radius 1 is 2.00 bits per heavy atom. The average molecular weight is 108 g/mol. The van der Waals surface area contributed by atoms with Crippen LogP contribution in [0.4, 0.5) is 4.79 Å². The molecule has 0 unspecified atom stereocenters. The molecule has 0 heterocycles. The van der Waals surface area contributed by atoms with Gasteiger partial charge in [-0.1, -0.05) is 0 Å². The smallest absolute Gasteiger partial charge is 0.312 e. The zero-order chi connectivity index (χ0) is 10.9. The van der Waals surface area contributed by atoms with Gasteiger partial charge in [-0.15, -0.1) is 0 Å². The van der Waals surface area contributed by atoms with Gasteiger partial charge in [-0.25, -0.2) is 4.79 Å². The van der Waals surface area contributed by atoms with Crippen molar-refractivity contribution in [1.29, 1.82) is 0 Å². The van der Waals surface area contributed by atoms with E-state index in [-0.39, 0.29) is 0 Å². The van der Waals surface area contributed by atoms with Crippen molar-refractivity contribution in [2.45, 2.75) is 19.7 Å². The molecule has 0 spiro atoms. The van der Waals surface area contributed by atoms with E-state index in [2.05, 4.69) is 5.73 Å². The van der Waals surface area contributed by atoms with Gasteiger partial charge in [-0.2, -0.15) is 0 Å². The van der Waals surface area contributed by atoms with Gasteiger partial charge in [-0.3, -0.25) is 0 Å². The quantitative estimate of drug-likeness (QED) is 0.490. The van der Waals surface area contributed by atoms with Crippen LogP contribution in [-0.4, -0.2) is 12.1 Å². The van der Waals surface area contributed by atoms with E-state index in [0.29, 0.717) is 0 Å². The lowest BCUT2D eigenvalue weighted by Gasteiger charge is -2.01. The van der Waals surface area contributed by atoms with E-state index in [1.54, 1.807) is 5.32 Å². The van der Waals surface area contributed by atoms with Gasteiger partial charge in [0.2, 0.25) is 0 Å². The molecule has 0 saturated heterocycles. The summed E-state index contributed by atoms with van der Waals surface area (Å²) in [7, 11) is 0. The Hall–Kier alpha value is -0.730. The number of nitrogens with two attached hydrogens (primary N) is 1. The first-order valence-electron chi connectivity index (χ1n) is 4.61. The molecule has 0 rings (SSSR count). The zero-order valence-corrected chi connectivity index (χ0v) is 3.56. The number of primary amides is 1. The summed E-state index contributed by atoms with van der Waals surface area (Å²) in [6.07, 6.45) is 0. The van der Waals surface area contributed by atoms with Crippen molar-refractivity contribution in [1.82, 2.24) is 5.32 Å². The molecule has 0 saturated carbocycles. The van der Waals surface area contributed by atoms with Crippen LogP contribution in [0.1, 0.15) is 21.9 Å². The van der Waals surface area contributed by atoms with Gasteiger partial charge in [0.15, 0.2) is 0 Å². The Bertz CT molecular complexity index is 182. The van der Waals surface area contributed by atoms with Crippen molar-refractivity contribution < 1.29 is 13.0 Å². The number of amides is 2. The van der Waals surface area contributed by atoms with Crippen LogP contribution in [0, 0.1) is 0 Å². The summed E-state index contributed by atoms with van der Waals surface area (Å²) < 4.78 is 41.0. The van der Waals surface area contributed by atoms with Gasteiger partial charge in [0.25, 0.3) is 0 Å². The third-order valence-electron chi connectivity index (χ3n) is 0.287. The van der Waals surface area contributed by atoms with Crippen LogP contribution in [0.5, 0.6) is 0 Å². The third kappa shape index (κ3) is 5.27. The summed E-state index contributed by atoms with van der Waals surface area (Å²) in [6, 6.07) is -3.09. The number of hydrogen-bond acceptors (Lipinski definition) is 1. The lowest BCUT2D eigenvalue weighted by atomic mass is 10.4. The summed E-state index contributed by atoms with van der Waals surface area (Å²) >= 11 is 0. The molecule has 42 valence electrons. The Morgan fingerprint density at radius 3 is 2.71 bits per heavy atom. The van der Waals surface area contributed by atoms with Crippen molar-refractivity contribution in [3.8, 4) is 0 Å². The predicted octanol–water partition coefficient (Wildman–Crippen LogP) is 0.0631. The SMILES string of the molecule is [2H]C([2H])([2H])C(NC(N)=O)C([2H])([2H])[2H]. The normalized spacial score (nSPS) is 25.3. The molecule has 3 heteroatoms. The van der Waals surface area contributed by atoms with Crippen molar-refractivity contribution >= 4 is 6.03 Å². The van der Waals surface area contributed by atoms with Crippen molar-refractivity contribution in [2.75, 3.05) is 0 Å². The van der Waals surface area contributed by atoms with Crippen molar-refractivity contribution in [3.05, 3.63) is 0 Å². The molecule has 0 aliphatic heterocycles. The van der Waals surface area contributed by atoms with E-state index < -0.39 is 25.8 Å². The maximum absolute atomic E-state index is 10.3. The molecule has 3 nitrogen and oxygen atoms in total. The molecule has 0 atom stereocenters. The minimum Gasteiger partial charge on any atom is -0.352 e. The molecule has 0 aromatic carbocycles. The second-order valence-corrected chi connectivity index (χ2v) is 0.942. The van der Waals surface area contributed by atoms with Crippen LogP contribution in [0.25, 0.3) is 0 Å². The van der Waals surface area contributed by atoms with Crippen LogP contribution in [0.3, 0.4) is 0 Å². The summed E-state index contributed by atoms with van der Waals surface area (Å²) in [4.78, 5) is 10.3. The van der Waals surface area contributed by atoms with Crippen LogP contribution in [0.15, 0.2) is 0 Å². The molecule has 0 radical (unpaired) electrons. The number of carbonyl (C=O) groups excluding carboxylic acids is 1. The fourth-order valence-corrected chi connectivity index (χ4v) is 0.142. The van der Waals surface area contributed by atoms with E-state index in [9.17, 15) is 4.79 Å². The standard InChI is InChI=1S/C4H10N2O/c1-3(2)6-4(5)7/h3H,1-2H3,(H3,5,6,7)/i1D3,2D3. The van der Waals surface area contributed by atoms with Gasteiger partial charge in [0.1, 0.15) is 0 Å². The van der Waals surface area contributed by atoms with Gasteiger partial charge < -0.3 is 11.1 Å². The van der Waals surface area contributed by atoms with Gasteiger partial charge >= 0.3 is 6.03 Å². The molecule has 0 aliphatic rings. The van der Waals surface area contributed by atoms with Gasteiger partial charge in [0.05, 0.1) is 0 Å². The van der Waals surface area contributed by atoms with E-state index in [0.717, 1.165) is 0 Å². The van der Waals surface area contributed by atoms with E-state index in [1.807, 2.05) is 0 Å². The second kappa shape index (κ2) is 2.44. The first-order valence-corrected chi connectivity index (χ1v) is 1.61. The Labute approximate surface area is 51.3 Å². The lowest BCUT2D eigenvalue weighted by molar-refractivity contribution is 0.247. The minimum absolute atomic E-state index is 1.17. The number of carbonyl (C=O) groups is 1. The van der Waals surface area contributed by atoms with Crippen LogP contribution in [-0.2, 0) is 0 Å². The molecule has 0 fully saturated rings. The molecular formula is C4H10N2O. The molecule has 7 heavy (non-hydrogen) atoms. The Kier molecular flexibility index (Phi) is 0.479. The fourth-order valence-electron chi connectivity index (χ4n) is 0.142. The summed E-state index contributed by atoms with van der Waals surface area (Å²) in [5.74, 6) is 0. The highest BCUT2D eigenvalue weighted by Crippen LogP contribution is 1.71. The first-order chi connectivity index (χ1) is 5.55. The average Bonchev–Trinajstić information content (AvgIpc) is 1.77. The largest absolute Gasteiger partial charge is 0.352 e. The lowest BCUT2D eigenvalue weighted by Crippen LogP contribution is -2.34. The second-order valence-electron chi connectivity index (χ2n) is 0.942. The maximum Gasteiger partial charge on any atom is 0.312 e. The summed E-state index contributed by atoms with van der Waals surface area (Å²) in [5, 5.41) is 1.67. The molecule has 0 aromatic heterocycles. The molecular weight excluding hydrogens is 92.1 g/mol. The van der Waals surface area contributed by atoms with E-state index in [4.69, 9.17) is 8.22 Å². The molecule has 0 aromatic rings. The highest BCUT2D eigenvalue weighted by atomic mass is 16.2. The summed E-state index contributed by atoms with van der Waals surface area (Å²) in [6.45, 7) is -5.58. The first kappa shape index (κ1) is 1.37. The maximum atomic E-state index is 10.3. The Balaban J connectivity index is 4.68. The number of hydrogen-bond donors (Lipinski definition) is 2. The van der Waals surface area contributed by atoms with Gasteiger partial charge in [-0.05, 0) is 13.7 Å². The topological polar surface area (TPSA) is 55.1 Å². The third-order valence-corrected chi connectivity index (χ3v) is 0.287. The monoisotopic (exact) mass is 108 g/mol. The zero-order valence-electron chi connectivity index (χ0n) is 9.56. The van der Waals surface area contributed by atoms with Crippen molar-refractivity contribution in [3.63, 3.8) is 0 Å². The molecule has 0 bridgehead atoms. The number of rotatable bonds is 1. The molecule has 2 amide bonds. The Morgan fingerprint density at radius 2 is 2.57 bits per heavy atom. The van der Waals surface area contributed by atoms with Crippen LogP contribution < -0.4 is 11.1 Å². The number of nitrogens with one attached hydrogen (secondary N) is 1. The fraction of sp³-hybridized carbons (Fsp3) is 0.750. The summed E-state index contributed by atoms with van der Waals surface area (Å²) in [5.41, 5.74) is 4.64. The molecule has 0 aliphatic carbocycles. The van der Waals surface area contributed by atoms with Crippen LogP contribution >= 0.6 is 0 Å². The molecule has 3 N–H and O–H groups in total. The van der Waals surface area contributed by atoms with Gasteiger partial charge in [0, 0.05) is 14.3 Å². The highest BCUT2D eigenvalue weighted by molar-refractivity contribution is 5.71. The minimum atomic E-state index is -2.79. The highest BCUT2D eigenvalue weighted by Gasteiger charge is 1.91. The van der Waals surface area contributed by atoms with Crippen molar-refractivity contribution in [2.24, 2.45) is 5.73 Å². The van der Waals surface area contributed by atoms with E-state index >= 15 is 0 Å². The van der Waals surface area contributed by atoms with E-state index in [1.165, 1.54) is 0 Å².